The Morgan fingerprint density at radius 2 is 2.03 bits per heavy atom. The standard InChI is InChI=1S/C23H33N7OS.ClH/c1-16-20(17(2)30-23(26-16)27-21(14-24)28-30)5-6-22(31)25-15-18-7-10-29(11-8-18)12-9-19-4-3-13-32-19;/h3-4,13,18H,5-12,14-15,24H2,1-2H3,(H,25,31);1H. The van der Waals surface area contributed by atoms with Crippen LogP contribution in [0.4, 0.5) is 0 Å². The molecule has 0 aromatic carbocycles. The Kier molecular flexibility index (Phi) is 9.19. The van der Waals surface area contributed by atoms with Gasteiger partial charge in [0.15, 0.2) is 5.82 Å². The van der Waals surface area contributed by atoms with Crippen molar-refractivity contribution in [3.05, 3.63) is 45.2 Å². The van der Waals surface area contributed by atoms with E-state index in [0.29, 0.717) is 30.4 Å². The summed E-state index contributed by atoms with van der Waals surface area (Å²) in [6, 6.07) is 4.34. The Bertz CT molecular complexity index is 1040. The Morgan fingerprint density at radius 1 is 1.24 bits per heavy atom. The number of piperidine rings is 1. The molecule has 1 saturated heterocycles. The molecule has 4 heterocycles. The van der Waals surface area contributed by atoms with Crippen molar-refractivity contribution < 1.29 is 4.79 Å². The minimum Gasteiger partial charge on any atom is -0.356 e. The maximum atomic E-state index is 12.5. The number of aromatic nitrogens is 4. The van der Waals surface area contributed by atoms with Crippen LogP contribution in [-0.2, 0) is 24.2 Å². The minimum absolute atomic E-state index is 0. The number of nitrogens with one attached hydrogen (secondary N) is 1. The Labute approximate surface area is 205 Å². The van der Waals surface area contributed by atoms with Gasteiger partial charge in [-0.2, -0.15) is 4.98 Å². The number of amides is 1. The van der Waals surface area contributed by atoms with Gasteiger partial charge in [0, 0.05) is 35.8 Å². The van der Waals surface area contributed by atoms with Crippen LogP contribution in [0.3, 0.4) is 0 Å². The summed E-state index contributed by atoms with van der Waals surface area (Å²) in [4.78, 5) is 25.4. The maximum absolute atomic E-state index is 12.5. The largest absolute Gasteiger partial charge is 0.356 e. The van der Waals surface area contributed by atoms with E-state index in [1.165, 1.54) is 4.88 Å². The molecule has 3 aromatic heterocycles. The zero-order chi connectivity index (χ0) is 22.5. The number of nitrogens with zero attached hydrogens (tertiary/aromatic N) is 5. The van der Waals surface area contributed by atoms with Gasteiger partial charge in [-0.05, 0) is 75.5 Å². The maximum Gasteiger partial charge on any atom is 0.252 e. The van der Waals surface area contributed by atoms with Gasteiger partial charge in [0.2, 0.25) is 5.91 Å². The summed E-state index contributed by atoms with van der Waals surface area (Å²) in [5.41, 5.74) is 8.58. The number of carbonyl (C=O) groups excluding carboxylic acids is 1. The summed E-state index contributed by atoms with van der Waals surface area (Å²) in [7, 11) is 0. The Hall–Kier alpha value is -2.07. The highest BCUT2D eigenvalue weighted by Crippen LogP contribution is 2.19. The molecule has 0 spiro atoms. The molecule has 4 rings (SSSR count). The first-order valence-electron chi connectivity index (χ1n) is 11.5. The molecule has 0 saturated carbocycles. The third kappa shape index (κ3) is 6.50. The molecule has 0 unspecified atom stereocenters. The molecule has 1 fully saturated rings. The van der Waals surface area contributed by atoms with Gasteiger partial charge in [-0.3, -0.25) is 4.79 Å². The lowest BCUT2D eigenvalue weighted by Gasteiger charge is -2.31. The molecule has 8 nitrogen and oxygen atoms in total. The predicted octanol–water partition coefficient (Wildman–Crippen LogP) is 2.69. The molecule has 1 amide bonds. The van der Waals surface area contributed by atoms with Crippen LogP contribution in [0, 0.1) is 19.8 Å². The number of fused-ring (bicyclic) bond motifs is 1. The third-order valence-corrected chi connectivity index (χ3v) is 7.36. The number of thiophene rings is 1. The average molecular weight is 492 g/mol. The van der Waals surface area contributed by atoms with Gasteiger partial charge in [-0.1, -0.05) is 6.07 Å². The number of likely N-dealkylation sites (tertiary alicyclic amines) is 1. The molecule has 10 heteroatoms. The van der Waals surface area contributed by atoms with E-state index in [0.717, 1.165) is 62.4 Å². The first-order valence-corrected chi connectivity index (χ1v) is 12.3. The highest BCUT2D eigenvalue weighted by Gasteiger charge is 2.20. The molecule has 3 aromatic rings. The monoisotopic (exact) mass is 491 g/mol. The quantitative estimate of drug-likeness (QED) is 0.477. The summed E-state index contributed by atoms with van der Waals surface area (Å²) < 4.78 is 1.73. The van der Waals surface area contributed by atoms with Gasteiger partial charge in [-0.25, -0.2) is 9.50 Å². The molecular formula is C23H34ClN7OS. The topological polar surface area (TPSA) is 101 Å². The number of halogens is 1. The highest BCUT2D eigenvalue weighted by molar-refractivity contribution is 7.09. The number of carbonyl (C=O) groups is 1. The van der Waals surface area contributed by atoms with Gasteiger partial charge in [0.25, 0.3) is 5.78 Å². The van der Waals surface area contributed by atoms with Gasteiger partial charge < -0.3 is 16.0 Å². The van der Waals surface area contributed by atoms with Crippen molar-refractivity contribution in [3.63, 3.8) is 0 Å². The van der Waals surface area contributed by atoms with E-state index in [9.17, 15) is 4.79 Å². The molecule has 0 bridgehead atoms. The molecule has 0 radical (unpaired) electrons. The van der Waals surface area contributed by atoms with Crippen LogP contribution in [0.2, 0.25) is 0 Å². The van der Waals surface area contributed by atoms with Crippen molar-refractivity contribution in [3.8, 4) is 0 Å². The van der Waals surface area contributed by atoms with Crippen molar-refractivity contribution in [2.75, 3.05) is 26.2 Å². The van der Waals surface area contributed by atoms with Crippen molar-refractivity contribution in [1.29, 1.82) is 0 Å². The summed E-state index contributed by atoms with van der Waals surface area (Å²) in [6.45, 7) is 8.40. The van der Waals surface area contributed by atoms with Crippen molar-refractivity contribution in [1.82, 2.24) is 29.8 Å². The zero-order valence-corrected chi connectivity index (χ0v) is 21.1. The fraction of sp³-hybridized carbons (Fsp3) is 0.565. The fourth-order valence-electron chi connectivity index (χ4n) is 4.42. The lowest BCUT2D eigenvalue weighted by atomic mass is 9.96. The molecule has 180 valence electrons. The van der Waals surface area contributed by atoms with E-state index in [2.05, 4.69) is 42.8 Å². The second kappa shape index (κ2) is 11.9. The SMILES string of the molecule is Cc1nc2nc(CN)nn2c(C)c1CCC(=O)NCC1CCN(CCc2cccs2)CC1.Cl. The smallest absolute Gasteiger partial charge is 0.252 e. The third-order valence-electron chi connectivity index (χ3n) is 6.43. The number of hydrogen-bond acceptors (Lipinski definition) is 7. The summed E-state index contributed by atoms with van der Waals surface area (Å²) >= 11 is 1.84. The fourth-order valence-corrected chi connectivity index (χ4v) is 5.12. The van der Waals surface area contributed by atoms with Crippen LogP contribution in [0.25, 0.3) is 5.78 Å². The summed E-state index contributed by atoms with van der Waals surface area (Å²) in [5, 5.41) is 9.71. The van der Waals surface area contributed by atoms with Crippen LogP contribution >= 0.6 is 23.7 Å². The first kappa shape index (κ1) is 25.6. The molecular weight excluding hydrogens is 458 g/mol. The lowest BCUT2D eigenvalue weighted by Crippen LogP contribution is -2.39. The van der Waals surface area contributed by atoms with E-state index >= 15 is 0 Å². The molecule has 3 N–H and O–H groups in total. The molecule has 1 aliphatic heterocycles. The second-order valence-electron chi connectivity index (χ2n) is 8.62. The van der Waals surface area contributed by atoms with Crippen LogP contribution in [0.5, 0.6) is 0 Å². The normalized spacial score (nSPS) is 15.0. The minimum atomic E-state index is 0. The molecule has 33 heavy (non-hydrogen) atoms. The Balaban J connectivity index is 0.00000306. The van der Waals surface area contributed by atoms with Crippen LogP contribution in [0.1, 0.15) is 46.9 Å². The van der Waals surface area contributed by atoms with Crippen LogP contribution in [-0.4, -0.2) is 56.6 Å². The van der Waals surface area contributed by atoms with Crippen molar-refractivity contribution >= 4 is 35.4 Å². The lowest BCUT2D eigenvalue weighted by molar-refractivity contribution is -0.121. The molecule has 1 aliphatic rings. The van der Waals surface area contributed by atoms with Gasteiger partial charge >= 0.3 is 0 Å². The van der Waals surface area contributed by atoms with E-state index in [-0.39, 0.29) is 24.9 Å². The predicted molar refractivity (Wildman–Crippen MR) is 134 cm³/mol. The number of hydrogen-bond donors (Lipinski definition) is 2. The Morgan fingerprint density at radius 3 is 2.73 bits per heavy atom. The summed E-state index contributed by atoms with van der Waals surface area (Å²) in [5.74, 6) is 1.82. The first-order chi connectivity index (χ1) is 15.5. The van der Waals surface area contributed by atoms with Gasteiger partial charge in [-0.15, -0.1) is 28.8 Å². The zero-order valence-electron chi connectivity index (χ0n) is 19.4. The van der Waals surface area contributed by atoms with Gasteiger partial charge in [0.1, 0.15) is 0 Å². The van der Waals surface area contributed by atoms with E-state index in [1.807, 2.05) is 25.2 Å². The average Bonchev–Trinajstić information content (AvgIpc) is 3.46. The van der Waals surface area contributed by atoms with Crippen molar-refractivity contribution in [2.24, 2.45) is 11.7 Å². The highest BCUT2D eigenvalue weighted by atomic mass is 35.5. The van der Waals surface area contributed by atoms with Crippen LogP contribution in [0.15, 0.2) is 17.5 Å². The molecule has 0 aliphatic carbocycles. The van der Waals surface area contributed by atoms with Crippen LogP contribution < -0.4 is 11.1 Å². The van der Waals surface area contributed by atoms with E-state index in [4.69, 9.17) is 5.73 Å². The summed E-state index contributed by atoms with van der Waals surface area (Å²) in [6.07, 6.45) is 4.54. The van der Waals surface area contributed by atoms with Crippen molar-refractivity contribution in [2.45, 2.75) is 52.5 Å². The number of aryl methyl sites for hydroxylation is 2. The number of nitrogens with two attached hydrogens (primary N) is 1. The second-order valence-corrected chi connectivity index (χ2v) is 9.66. The van der Waals surface area contributed by atoms with E-state index in [1.54, 1.807) is 4.52 Å². The number of rotatable bonds is 9. The van der Waals surface area contributed by atoms with Gasteiger partial charge in [0.05, 0.1) is 6.54 Å². The molecule has 0 atom stereocenters. The van der Waals surface area contributed by atoms with E-state index < -0.39 is 0 Å².